The molecule has 2 nitrogen and oxygen atoms in total. The number of aliphatic hydroxyl groups excluding tert-OH is 1. The molecule has 74 valence electrons. The molecule has 0 fully saturated rings. The predicted molar refractivity (Wildman–Crippen MR) is 57.1 cm³/mol. The number of aliphatic hydroxyl groups is 1. The van der Waals surface area contributed by atoms with E-state index in [2.05, 4.69) is 0 Å². The van der Waals surface area contributed by atoms with Crippen LogP contribution in [-0.2, 0) is 0 Å². The molecule has 13 heavy (non-hydrogen) atoms. The molecule has 0 aromatic carbocycles. The van der Waals surface area contributed by atoms with Gasteiger partial charge in [-0.2, -0.15) is 0 Å². The van der Waals surface area contributed by atoms with E-state index in [1.54, 1.807) is 0 Å². The van der Waals surface area contributed by atoms with Crippen molar-refractivity contribution >= 4 is 22.9 Å². The molecule has 0 saturated carbocycles. The van der Waals surface area contributed by atoms with Gasteiger partial charge in [-0.3, -0.25) is 0 Å². The van der Waals surface area contributed by atoms with Crippen LogP contribution in [0.2, 0.25) is 5.02 Å². The molecule has 1 aromatic rings. The molecular formula is C9H14ClNOS. The minimum atomic E-state index is -0.325. The summed E-state index contributed by atoms with van der Waals surface area (Å²) in [6.07, 6.45) is 0. The van der Waals surface area contributed by atoms with Crippen molar-refractivity contribution in [3.63, 3.8) is 0 Å². The fraction of sp³-hybridized carbons (Fsp3) is 0.556. The van der Waals surface area contributed by atoms with Crippen LogP contribution in [0, 0.1) is 5.41 Å². The Balaban J connectivity index is 2.91. The third kappa shape index (κ3) is 2.23. The summed E-state index contributed by atoms with van der Waals surface area (Å²) >= 11 is 7.48. The van der Waals surface area contributed by atoms with Gasteiger partial charge in [-0.15, -0.1) is 11.3 Å². The lowest BCUT2D eigenvalue weighted by atomic mass is 9.85. The highest BCUT2D eigenvalue weighted by atomic mass is 35.5. The summed E-state index contributed by atoms with van der Waals surface area (Å²) < 4.78 is 0. The first-order valence-corrected chi connectivity index (χ1v) is 5.34. The molecular weight excluding hydrogens is 206 g/mol. The van der Waals surface area contributed by atoms with Crippen LogP contribution in [0.5, 0.6) is 0 Å². The first-order valence-electron chi connectivity index (χ1n) is 4.08. The highest BCUT2D eigenvalue weighted by Gasteiger charge is 2.29. The molecule has 1 aromatic heterocycles. The fourth-order valence-corrected chi connectivity index (χ4v) is 2.37. The second-order valence-corrected chi connectivity index (χ2v) is 5.11. The number of rotatable bonds is 3. The molecule has 0 amide bonds. The van der Waals surface area contributed by atoms with Gasteiger partial charge in [0.1, 0.15) is 0 Å². The van der Waals surface area contributed by atoms with Gasteiger partial charge in [0.25, 0.3) is 0 Å². The van der Waals surface area contributed by atoms with Gasteiger partial charge in [0, 0.05) is 16.3 Å². The van der Waals surface area contributed by atoms with E-state index < -0.39 is 0 Å². The van der Waals surface area contributed by atoms with E-state index >= 15 is 0 Å². The van der Waals surface area contributed by atoms with Crippen molar-refractivity contribution in [2.24, 2.45) is 11.1 Å². The number of halogens is 1. The average molecular weight is 220 g/mol. The molecule has 0 aliphatic carbocycles. The average Bonchev–Trinajstić information content (AvgIpc) is 2.50. The van der Waals surface area contributed by atoms with Crippen molar-refractivity contribution in [3.05, 3.63) is 21.3 Å². The zero-order chi connectivity index (χ0) is 10.1. The van der Waals surface area contributed by atoms with Gasteiger partial charge in [0.15, 0.2) is 0 Å². The van der Waals surface area contributed by atoms with Gasteiger partial charge >= 0.3 is 0 Å². The summed E-state index contributed by atoms with van der Waals surface area (Å²) in [4.78, 5) is 0.945. The Morgan fingerprint density at radius 1 is 1.69 bits per heavy atom. The van der Waals surface area contributed by atoms with Gasteiger partial charge < -0.3 is 10.8 Å². The molecule has 0 aliphatic heterocycles. The smallest absolute Gasteiger partial charge is 0.0561 e. The summed E-state index contributed by atoms with van der Waals surface area (Å²) in [6.45, 7) is 3.91. The van der Waals surface area contributed by atoms with E-state index in [-0.39, 0.29) is 18.1 Å². The fourth-order valence-electron chi connectivity index (χ4n) is 0.981. The third-order valence-corrected chi connectivity index (χ3v) is 3.62. The molecule has 1 heterocycles. The van der Waals surface area contributed by atoms with E-state index in [1.807, 2.05) is 25.3 Å². The van der Waals surface area contributed by atoms with Gasteiger partial charge in [-0.25, -0.2) is 0 Å². The van der Waals surface area contributed by atoms with Crippen molar-refractivity contribution in [1.29, 1.82) is 0 Å². The van der Waals surface area contributed by atoms with Gasteiger partial charge in [0.2, 0.25) is 0 Å². The number of hydrogen-bond donors (Lipinski definition) is 2. The maximum absolute atomic E-state index is 9.14. The Morgan fingerprint density at radius 3 is 2.69 bits per heavy atom. The van der Waals surface area contributed by atoms with Crippen molar-refractivity contribution < 1.29 is 5.11 Å². The summed E-state index contributed by atoms with van der Waals surface area (Å²) in [5.74, 6) is 0. The molecule has 1 rings (SSSR count). The monoisotopic (exact) mass is 219 g/mol. The first-order chi connectivity index (χ1) is 5.99. The van der Waals surface area contributed by atoms with E-state index in [0.29, 0.717) is 5.02 Å². The Bertz CT molecular complexity index is 285. The van der Waals surface area contributed by atoms with Crippen LogP contribution < -0.4 is 5.73 Å². The second kappa shape index (κ2) is 3.96. The maximum Gasteiger partial charge on any atom is 0.0561 e. The number of thiophene rings is 1. The molecule has 0 spiro atoms. The van der Waals surface area contributed by atoms with Crippen LogP contribution >= 0.6 is 22.9 Å². The molecule has 1 atom stereocenters. The van der Waals surface area contributed by atoms with Crippen LogP contribution in [0.3, 0.4) is 0 Å². The van der Waals surface area contributed by atoms with E-state index in [4.69, 9.17) is 22.4 Å². The summed E-state index contributed by atoms with van der Waals surface area (Å²) in [6, 6.07) is 1.62. The molecule has 0 saturated heterocycles. The van der Waals surface area contributed by atoms with Crippen LogP contribution in [0.4, 0.5) is 0 Å². The summed E-state index contributed by atoms with van der Waals surface area (Å²) in [5.41, 5.74) is 5.67. The Morgan fingerprint density at radius 2 is 2.31 bits per heavy atom. The van der Waals surface area contributed by atoms with E-state index in [1.165, 1.54) is 11.3 Å². The lowest BCUT2D eigenvalue weighted by molar-refractivity contribution is 0.133. The van der Waals surface area contributed by atoms with Crippen LogP contribution in [0.25, 0.3) is 0 Å². The lowest BCUT2D eigenvalue weighted by Gasteiger charge is -2.28. The quantitative estimate of drug-likeness (QED) is 0.820. The molecule has 1 unspecified atom stereocenters. The predicted octanol–water partition coefficient (Wildman–Crippen LogP) is 2.42. The largest absolute Gasteiger partial charge is 0.396 e. The maximum atomic E-state index is 9.14. The molecule has 0 bridgehead atoms. The lowest BCUT2D eigenvalue weighted by Crippen LogP contribution is -2.31. The first kappa shape index (κ1) is 11.0. The van der Waals surface area contributed by atoms with Gasteiger partial charge in [-0.05, 0) is 11.4 Å². The highest BCUT2D eigenvalue weighted by Crippen LogP contribution is 2.37. The molecule has 4 heteroatoms. The topological polar surface area (TPSA) is 46.2 Å². The number of nitrogens with two attached hydrogens (primary N) is 1. The molecule has 0 radical (unpaired) electrons. The van der Waals surface area contributed by atoms with Crippen LogP contribution in [0.1, 0.15) is 24.8 Å². The molecule has 3 N–H and O–H groups in total. The van der Waals surface area contributed by atoms with E-state index in [0.717, 1.165) is 4.88 Å². The second-order valence-electron chi connectivity index (χ2n) is 3.76. The Hall–Kier alpha value is -0.0900. The summed E-state index contributed by atoms with van der Waals surface area (Å²) in [7, 11) is 0. The zero-order valence-corrected chi connectivity index (χ0v) is 9.32. The van der Waals surface area contributed by atoms with Crippen molar-refractivity contribution in [3.8, 4) is 0 Å². The third-order valence-electron chi connectivity index (χ3n) is 2.18. The Labute approximate surface area is 87.3 Å². The van der Waals surface area contributed by atoms with Gasteiger partial charge in [-0.1, -0.05) is 25.4 Å². The normalized spacial score (nSPS) is 14.5. The minimum absolute atomic E-state index is 0.0579. The molecule has 0 aliphatic rings. The Kier molecular flexibility index (Phi) is 3.35. The van der Waals surface area contributed by atoms with Crippen molar-refractivity contribution in [1.82, 2.24) is 0 Å². The van der Waals surface area contributed by atoms with E-state index in [9.17, 15) is 0 Å². The van der Waals surface area contributed by atoms with Crippen LogP contribution in [-0.4, -0.2) is 11.7 Å². The van der Waals surface area contributed by atoms with Gasteiger partial charge in [0.05, 0.1) is 11.6 Å². The standard InChI is InChI=1S/C9H14ClNOS/c1-9(2,5-12)8(11)7-6(10)3-4-13-7/h3-4,8,12H,5,11H2,1-2H3. The van der Waals surface area contributed by atoms with Crippen molar-refractivity contribution in [2.75, 3.05) is 6.61 Å². The van der Waals surface area contributed by atoms with Crippen LogP contribution in [0.15, 0.2) is 11.4 Å². The van der Waals surface area contributed by atoms with Crippen molar-refractivity contribution in [2.45, 2.75) is 19.9 Å². The number of hydrogen-bond acceptors (Lipinski definition) is 3. The zero-order valence-electron chi connectivity index (χ0n) is 7.75. The highest BCUT2D eigenvalue weighted by molar-refractivity contribution is 7.10. The summed E-state index contributed by atoms with van der Waals surface area (Å²) in [5, 5.41) is 11.7. The minimum Gasteiger partial charge on any atom is -0.396 e. The SMILES string of the molecule is CC(C)(CO)C(N)c1sccc1Cl.